The molecule has 0 spiro atoms. The highest BCUT2D eigenvalue weighted by atomic mass is 19.1. The summed E-state index contributed by atoms with van der Waals surface area (Å²) in [6.07, 6.45) is 1.45. The summed E-state index contributed by atoms with van der Waals surface area (Å²) < 4.78 is 27.4. The van der Waals surface area contributed by atoms with E-state index in [1.54, 1.807) is 38.1 Å². The number of halogens is 1. The summed E-state index contributed by atoms with van der Waals surface area (Å²) in [6.45, 7) is 4.98. The Bertz CT molecular complexity index is 1550. The van der Waals surface area contributed by atoms with Crippen LogP contribution in [0.5, 0.6) is 11.5 Å². The number of hydrogen-bond donors (Lipinski definition) is 4. The molecule has 0 bridgehead atoms. The number of carbonyl (C=O) groups is 1. The van der Waals surface area contributed by atoms with Gasteiger partial charge < -0.3 is 20.5 Å². The van der Waals surface area contributed by atoms with Crippen molar-refractivity contribution in [2.45, 2.75) is 26.8 Å². The van der Waals surface area contributed by atoms with Crippen LogP contribution in [-0.2, 0) is 4.79 Å². The molecule has 0 radical (unpaired) electrons. The molecule has 0 aliphatic carbocycles. The molecular formula is C25H25FN8O4. The highest BCUT2D eigenvalue weighted by molar-refractivity contribution is 5.98. The maximum absolute atomic E-state index is 15.6. The molecule has 2 aromatic heterocycles. The van der Waals surface area contributed by atoms with Crippen LogP contribution >= 0.6 is 0 Å². The van der Waals surface area contributed by atoms with Gasteiger partial charge in [-0.1, -0.05) is 0 Å². The predicted molar refractivity (Wildman–Crippen MR) is 136 cm³/mol. The fraction of sp³-hybridized carbons (Fsp3) is 0.200. The number of rotatable bonds is 9. The largest absolute Gasteiger partial charge is 0.494 e. The van der Waals surface area contributed by atoms with Crippen molar-refractivity contribution in [1.29, 1.82) is 5.41 Å². The van der Waals surface area contributed by atoms with Crippen LogP contribution < -0.4 is 26.2 Å². The molecule has 12 nitrogen and oxygen atoms in total. The first kappa shape index (κ1) is 26.0. The number of nitrogens with one attached hydrogen (secondary N) is 3. The highest BCUT2D eigenvalue weighted by Crippen LogP contribution is 2.33. The number of nitrogens with two attached hydrogens (primary N) is 1. The van der Waals surface area contributed by atoms with E-state index >= 15 is 4.39 Å². The van der Waals surface area contributed by atoms with Gasteiger partial charge in [0.15, 0.2) is 11.6 Å². The molecule has 1 atom stereocenters. The zero-order valence-electron chi connectivity index (χ0n) is 20.8. The number of nitrogen functional groups attached to an aromatic ring is 1. The summed E-state index contributed by atoms with van der Waals surface area (Å²) >= 11 is 0. The Kier molecular flexibility index (Phi) is 7.46. The first-order valence-electron chi connectivity index (χ1n) is 11.5. The molecule has 0 amide bonds. The van der Waals surface area contributed by atoms with E-state index in [9.17, 15) is 9.59 Å². The Morgan fingerprint density at radius 3 is 2.74 bits per heavy atom. The monoisotopic (exact) mass is 520 g/mol. The number of nitrogens with zero attached hydrogens (tertiary/aromatic N) is 4. The standard InChI is InChI=1S/C25H25FN8O4/c1-4-37-16-10-13(2)21(26)18(12-16)22(24-31-25(36)34(33-24)20-6-5-9-29-32-20)30-15-7-8-17(23(27)28)19(11-15)38-14(3)35/h5-12,22,30H,4H2,1-3H3,(H3,27,28)(H,31,33,36)/t22-/m0/s1. The van der Waals surface area contributed by atoms with Crippen LogP contribution in [0.2, 0.25) is 0 Å². The van der Waals surface area contributed by atoms with Crippen LogP contribution in [0.1, 0.15) is 42.4 Å². The molecule has 0 aliphatic heterocycles. The van der Waals surface area contributed by atoms with Crippen LogP contribution in [0.4, 0.5) is 10.1 Å². The van der Waals surface area contributed by atoms with Gasteiger partial charge in [-0.25, -0.2) is 9.18 Å². The van der Waals surface area contributed by atoms with E-state index in [1.807, 2.05) is 0 Å². The minimum Gasteiger partial charge on any atom is -0.494 e. The van der Waals surface area contributed by atoms with Gasteiger partial charge in [-0.05, 0) is 55.8 Å². The molecule has 0 saturated carbocycles. The first-order chi connectivity index (χ1) is 18.2. The molecule has 0 aliphatic rings. The molecule has 38 heavy (non-hydrogen) atoms. The Morgan fingerprint density at radius 1 is 1.29 bits per heavy atom. The second-order valence-corrected chi connectivity index (χ2v) is 8.18. The van der Waals surface area contributed by atoms with Crippen LogP contribution in [0.25, 0.3) is 5.82 Å². The fourth-order valence-corrected chi connectivity index (χ4v) is 3.79. The third-order valence-electron chi connectivity index (χ3n) is 5.40. The number of hydrogen-bond acceptors (Lipinski definition) is 9. The van der Waals surface area contributed by atoms with E-state index in [-0.39, 0.29) is 34.4 Å². The first-order valence-corrected chi connectivity index (χ1v) is 11.5. The number of H-pyrrole nitrogens is 1. The molecule has 2 aromatic carbocycles. The van der Waals surface area contributed by atoms with Crippen molar-refractivity contribution in [3.63, 3.8) is 0 Å². The van der Waals surface area contributed by atoms with Gasteiger partial charge in [-0.3, -0.25) is 15.2 Å². The number of benzene rings is 2. The summed E-state index contributed by atoms with van der Waals surface area (Å²) in [6, 6.07) is 9.70. The molecule has 4 aromatic rings. The smallest absolute Gasteiger partial charge is 0.349 e. The summed E-state index contributed by atoms with van der Waals surface area (Å²) in [5.41, 5.74) is 6.03. The van der Waals surface area contributed by atoms with Crippen molar-refractivity contribution < 1.29 is 18.7 Å². The van der Waals surface area contributed by atoms with E-state index < -0.39 is 23.5 Å². The van der Waals surface area contributed by atoms with E-state index in [1.165, 1.54) is 31.3 Å². The third-order valence-corrected chi connectivity index (χ3v) is 5.40. The lowest BCUT2D eigenvalue weighted by atomic mass is 10.0. The number of carbonyl (C=O) groups excluding carboxylic acids is 1. The maximum Gasteiger partial charge on any atom is 0.349 e. The van der Waals surface area contributed by atoms with Crippen molar-refractivity contribution >= 4 is 17.5 Å². The summed E-state index contributed by atoms with van der Waals surface area (Å²) in [5.74, 6) is -0.759. The molecule has 0 fully saturated rings. The number of esters is 1. The number of aromatic nitrogens is 5. The van der Waals surface area contributed by atoms with Crippen molar-refractivity contribution in [1.82, 2.24) is 25.0 Å². The van der Waals surface area contributed by atoms with E-state index in [0.717, 1.165) is 4.68 Å². The molecule has 0 saturated heterocycles. The lowest BCUT2D eigenvalue weighted by Gasteiger charge is -2.21. The number of ether oxygens (including phenoxy) is 2. The highest BCUT2D eigenvalue weighted by Gasteiger charge is 2.26. The Morgan fingerprint density at radius 2 is 2.08 bits per heavy atom. The van der Waals surface area contributed by atoms with Crippen LogP contribution in [-0.4, -0.2) is 43.4 Å². The lowest BCUT2D eigenvalue weighted by molar-refractivity contribution is -0.131. The molecular weight excluding hydrogens is 495 g/mol. The molecule has 4 rings (SSSR count). The van der Waals surface area contributed by atoms with Gasteiger partial charge in [0.2, 0.25) is 0 Å². The summed E-state index contributed by atoms with van der Waals surface area (Å²) in [7, 11) is 0. The molecule has 0 unspecified atom stereocenters. The third kappa shape index (κ3) is 5.51. The van der Waals surface area contributed by atoms with Crippen molar-refractivity contribution in [3.8, 4) is 17.3 Å². The predicted octanol–water partition coefficient (Wildman–Crippen LogP) is 2.61. The minimum atomic E-state index is -1.03. The van der Waals surface area contributed by atoms with E-state index in [4.69, 9.17) is 20.6 Å². The van der Waals surface area contributed by atoms with Crippen molar-refractivity contribution in [2.24, 2.45) is 5.73 Å². The normalized spacial score (nSPS) is 11.6. The molecule has 13 heteroatoms. The average Bonchev–Trinajstić information content (AvgIpc) is 3.26. The fourth-order valence-electron chi connectivity index (χ4n) is 3.79. The van der Waals surface area contributed by atoms with Crippen LogP contribution in [0, 0.1) is 18.2 Å². The van der Waals surface area contributed by atoms with Gasteiger partial charge in [-0.2, -0.15) is 9.78 Å². The zero-order valence-corrected chi connectivity index (χ0v) is 20.8. The Labute approximate surface area is 216 Å². The maximum atomic E-state index is 15.6. The SMILES string of the molecule is CCOc1cc(C)c(F)c([C@H](Nc2ccc(C(=N)N)c(OC(C)=O)c2)c2nn(-c3cccnn3)c(=O)[nH]2)c1. The van der Waals surface area contributed by atoms with Gasteiger partial charge in [-0.15, -0.1) is 10.2 Å². The second kappa shape index (κ2) is 10.9. The zero-order chi connectivity index (χ0) is 27.4. The van der Waals surface area contributed by atoms with E-state index in [0.29, 0.717) is 23.6 Å². The number of aromatic amines is 1. The quantitative estimate of drug-likeness (QED) is 0.112. The Balaban J connectivity index is 1.86. The van der Waals surface area contributed by atoms with Gasteiger partial charge in [0, 0.05) is 30.4 Å². The average molecular weight is 521 g/mol. The van der Waals surface area contributed by atoms with Crippen molar-refractivity contribution in [2.75, 3.05) is 11.9 Å². The molecule has 5 N–H and O–H groups in total. The Hall–Kier alpha value is -5.07. The van der Waals surface area contributed by atoms with Gasteiger partial charge >= 0.3 is 11.7 Å². The summed E-state index contributed by atoms with van der Waals surface area (Å²) in [5, 5.41) is 22.9. The lowest BCUT2D eigenvalue weighted by Crippen LogP contribution is -2.18. The molecule has 2 heterocycles. The topological polar surface area (TPSA) is 174 Å². The second-order valence-electron chi connectivity index (χ2n) is 8.18. The summed E-state index contributed by atoms with van der Waals surface area (Å²) in [4.78, 5) is 27.1. The molecule has 196 valence electrons. The number of amidine groups is 1. The van der Waals surface area contributed by atoms with Crippen molar-refractivity contribution in [3.05, 3.63) is 87.5 Å². The van der Waals surface area contributed by atoms with Gasteiger partial charge in [0.1, 0.15) is 29.2 Å². The minimum absolute atomic E-state index is 0.0343. The van der Waals surface area contributed by atoms with Gasteiger partial charge in [0.25, 0.3) is 0 Å². The van der Waals surface area contributed by atoms with Crippen LogP contribution in [0.3, 0.4) is 0 Å². The number of aryl methyl sites for hydroxylation is 1. The number of anilines is 1. The van der Waals surface area contributed by atoms with E-state index in [2.05, 4.69) is 25.6 Å². The van der Waals surface area contributed by atoms with Gasteiger partial charge in [0.05, 0.1) is 12.2 Å². The van der Waals surface area contributed by atoms with Crippen LogP contribution in [0.15, 0.2) is 53.5 Å².